The van der Waals surface area contributed by atoms with E-state index in [2.05, 4.69) is 20.9 Å². The fourth-order valence-electron chi connectivity index (χ4n) is 1.48. The number of aromatic nitrogens is 1. The summed E-state index contributed by atoms with van der Waals surface area (Å²) < 4.78 is 5.90. The fourth-order valence-corrected chi connectivity index (χ4v) is 2.16. The van der Waals surface area contributed by atoms with Gasteiger partial charge in [-0.1, -0.05) is 27.5 Å². The predicted molar refractivity (Wildman–Crippen MR) is 76.9 cm³/mol. The molecule has 19 heavy (non-hydrogen) atoms. The van der Waals surface area contributed by atoms with Gasteiger partial charge in [0.25, 0.3) is 0 Å². The lowest BCUT2D eigenvalue weighted by Gasteiger charge is -2.07. The average Bonchev–Trinajstić information content (AvgIpc) is 2.36. The van der Waals surface area contributed by atoms with Gasteiger partial charge in [0.2, 0.25) is 0 Å². The predicted octanol–water partition coefficient (Wildman–Crippen LogP) is 3.44. The lowest BCUT2D eigenvalue weighted by atomic mass is 10.2. The first kappa shape index (κ1) is 13.8. The molecule has 0 aliphatic rings. The first-order valence-electron chi connectivity index (χ1n) is 5.38. The van der Waals surface area contributed by atoms with Crippen LogP contribution in [-0.2, 0) is 11.3 Å². The maximum atomic E-state index is 11.9. The highest BCUT2D eigenvalue weighted by Gasteiger charge is 2.10. The van der Waals surface area contributed by atoms with Crippen LogP contribution < -0.4 is 5.73 Å². The third-order valence-electron chi connectivity index (χ3n) is 2.37. The Morgan fingerprint density at radius 3 is 2.89 bits per heavy atom. The number of esters is 1. The molecular weight excluding hydrogens is 332 g/mol. The second-order valence-corrected chi connectivity index (χ2v) is 5.14. The van der Waals surface area contributed by atoms with Crippen LogP contribution in [0.2, 0.25) is 5.02 Å². The van der Waals surface area contributed by atoms with Crippen LogP contribution in [0.1, 0.15) is 15.9 Å². The van der Waals surface area contributed by atoms with Crippen molar-refractivity contribution < 1.29 is 9.53 Å². The number of nitrogen functional groups attached to an aromatic ring is 1. The molecule has 2 aromatic rings. The average molecular weight is 342 g/mol. The fraction of sp³-hybridized carbons (Fsp3) is 0.0769. The smallest absolute Gasteiger partial charge is 0.338 e. The van der Waals surface area contributed by atoms with Crippen LogP contribution >= 0.6 is 27.5 Å². The molecule has 0 bridgehead atoms. The molecule has 2 rings (SSSR count). The molecule has 1 aromatic carbocycles. The second kappa shape index (κ2) is 6.04. The summed E-state index contributed by atoms with van der Waals surface area (Å²) in [4.78, 5) is 15.7. The molecule has 4 nitrogen and oxygen atoms in total. The molecule has 0 fully saturated rings. The van der Waals surface area contributed by atoms with Crippen molar-refractivity contribution in [3.05, 3.63) is 57.3 Å². The van der Waals surface area contributed by atoms with Crippen LogP contribution in [0.5, 0.6) is 0 Å². The SMILES string of the molecule is Nc1cc(Br)cc(C(=O)OCc2ccncc2Cl)c1. The van der Waals surface area contributed by atoms with E-state index in [0.717, 1.165) is 4.47 Å². The Hall–Kier alpha value is -1.59. The molecule has 0 radical (unpaired) electrons. The number of anilines is 1. The minimum Gasteiger partial charge on any atom is -0.457 e. The number of carbonyl (C=O) groups is 1. The number of pyridine rings is 1. The van der Waals surface area contributed by atoms with Crippen molar-refractivity contribution in [2.24, 2.45) is 0 Å². The third kappa shape index (κ3) is 3.68. The number of rotatable bonds is 3. The lowest BCUT2D eigenvalue weighted by molar-refractivity contribution is 0.0473. The Balaban J connectivity index is 2.08. The molecular formula is C13H10BrClN2O2. The molecule has 0 amide bonds. The summed E-state index contributed by atoms with van der Waals surface area (Å²) in [6.45, 7) is 0.0899. The van der Waals surface area contributed by atoms with Gasteiger partial charge < -0.3 is 10.5 Å². The van der Waals surface area contributed by atoms with Crippen molar-refractivity contribution in [1.29, 1.82) is 0 Å². The number of nitrogens with two attached hydrogens (primary N) is 1. The van der Waals surface area contributed by atoms with Crippen molar-refractivity contribution in [2.45, 2.75) is 6.61 Å². The highest BCUT2D eigenvalue weighted by atomic mass is 79.9. The number of hydrogen-bond donors (Lipinski definition) is 1. The van der Waals surface area contributed by atoms with Crippen molar-refractivity contribution in [1.82, 2.24) is 4.98 Å². The standard InChI is InChI=1S/C13H10BrClN2O2/c14-10-3-9(4-11(16)5-10)13(18)19-7-8-1-2-17-6-12(8)15/h1-6H,7,16H2. The molecule has 98 valence electrons. The van der Waals surface area contributed by atoms with Gasteiger partial charge in [0.1, 0.15) is 6.61 Å². The van der Waals surface area contributed by atoms with E-state index in [9.17, 15) is 4.79 Å². The summed E-state index contributed by atoms with van der Waals surface area (Å²) in [6, 6.07) is 6.61. The van der Waals surface area contributed by atoms with Crippen LogP contribution in [0.15, 0.2) is 41.1 Å². The van der Waals surface area contributed by atoms with Crippen LogP contribution in [0.25, 0.3) is 0 Å². The van der Waals surface area contributed by atoms with E-state index in [1.54, 1.807) is 30.5 Å². The van der Waals surface area contributed by atoms with Crippen molar-refractivity contribution in [3.63, 3.8) is 0 Å². The van der Waals surface area contributed by atoms with Crippen molar-refractivity contribution >= 4 is 39.2 Å². The van der Waals surface area contributed by atoms with E-state index in [0.29, 0.717) is 21.8 Å². The molecule has 6 heteroatoms. The molecule has 0 saturated carbocycles. The van der Waals surface area contributed by atoms with Gasteiger partial charge in [-0.2, -0.15) is 0 Å². The van der Waals surface area contributed by atoms with Crippen LogP contribution in [0.3, 0.4) is 0 Å². The molecule has 0 unspecified atom stereocenters. The van der Waals surface area contributed by atoms with Gasteiger partial charge in [-0.05, 0) is 24.3 Å². The van der Waals surface area contributed by atoms with E-state index in [1.807, 2.05) is 0 Å². The molecule has 0 aliphatic heterocycles. The first-order valence-corrected chi connectivity index (χ1v) is 6.55. The van der Waals surface area contributed by atoms with Crippen molar-refractivity contribution in [2.75, 3.05) is 5.73 Å². The van der Waals surface area contributed by atoms with Gasteiger partial charge >= 0.3 is 5.97 Å². The second-order valence-electron chi connectivity index (χ2n) is 3.82. The number of hydrogen-bond acceptors (Lipinski definition) is 4. The topological polar surface area (TPSA) is 65.2 Å². The minimum absolute atomic E-state index is 0.0899. The summed E-state index contributed by atoms with van der Waals surface area (Å²) >= 11 is 9.19. The zero-order chi connectivity index (χ0) is 13.8. The Morgan fingerprint density at radius 1 is 1.42 bits per heavy atom. The van der Waals surface area contributed by atoms with Crippen LogP contribution in [0, 0.1) is 0 Å². The van der Waals surface area contributed by atoms with Crippen molar-refractivity contribution in [3.8, 4) is 0 Å². The van der Waals surface area contributed by atoms with E-state index < -0.39 is 5.97 Å². The highest BCUT2D eigenvalue weighted by Crippen LogP contribution is 2.19. The van der Waals surface area contributed by atoms with Gasteiger partial charge in [0.15, 0.2) is 0 Å². The van der Waals surface area contributed by atoms with Gasteiger partial charge in [-0.15, -0.1) is 0 Å². The zero-order valence-electron chi connectivity index (χ0n) is 9.77. The summed E-state index contributed by atoms with van der Waals surface area (Å²) in [7, 11) is 0. The summed E-state index contributed by atoms with van der Waals surface area (Å²) in [5, 5.41) is 0.462. The zero-order valence-corrected chi connectivity index (χ0v) is 12.1. The van der Waals surface area contributed by atoms with E-state index in [4.69, 9.17) is 22.1 Å². The first-order chi connectivity index (χ1) is 9.06. The quantitative estimate of drug-likeness (QED) is 0.686. The molecule has 1 heterocycles. The minimum atomic E-state index is -0.458. The van der Waals surface area contributed by atoms with Crippen LogP contribution in [-0.4, -0.2) is 11.0 Å². The molecule has 0 aliphatic carbocycles. The highest BCUT2D eigenvalue weighted by molar-refractivity contribution is 9.10. The van der Waals surface area contributed by atoms with E-state index in [1.165, 1.54) is 6.20 Å². The molecule has 0 saturated heterocycles. The molecule has 2 N–H and O–H groups in total. The number of ether oxygens (including phenoxy) is 1. The maximum Gasteiger partial charge on any atom is 0.338 e. The van der Waals surface area contributed by atoms with Crippen LogP contribution in [0.4, 0.5) is 5.69 Å². The summed E-state index contributed by atoms with van der Waals surface area (Å²) in [5.74, 6) is -0.458. The Kier molecular flexibility index (Phi) is 4.39. The normalized spacial score (nSPS) is 10.2. The molecule has 0 atom stereocenters. The van der Waals surface area contributed by atoms with E-state index >= 15 is 0 Å². The number of carbonyl (C=O) groups excluding carboxylic acids is 1. The molecule has 1 aromatic heterocycles. The Labute approximate surface area is 123 Å². The molecule has 0 spiro atoms. The number of benzene rings is 1. The van der Waals surface area contributed by atoms with E-state index in [-0.39, 0.29) is 6.61 Å². The monoisotopic (exact) mass is 340 g/mol. The van der Waals surface area contributed by atoms with Gasteiger partial charge in [0, 0.05) is 28.1 Å². The number of halogens is 2. The Bertz CT molecular complexity index is 599. The van der Waals surface area contributed by atoms with Gasteiger partial charge in [0.05, 0.1) is 10.6 Å². The Morgan fingerprint density at radius 2 is 2.21 bits per heavy atom. The van der Waals surface area contributed by atoms with Gasteiger partial charge in [-0.25, -0.2) is 4.79 Å². The maximum absolute atomic E-state index is 11.9. The third-order valence-corrected chi connectivity index (χ3v) is 3.17. The largest absolute Gasteiger partial charge is 0.457 e. The summed E-state index contributed by atoms with van der Waals surface area (Å²) in [5.41, 5.74) is 7.24. The summed E-state index contributed by atoms with van der Waals surface area (Å²) in [6.07, 6.45) is 3.09. The lowest BCUT2D eigenvalue weighted by Crippen LogP contribution is -2.06. The van der Waals surface area contributed by atoms with Gasteiger partial charge in [-0.3, -0.25) is 4.98 Å². The number of nitrogens with zero attached hydrogens (tertiary/aromatic N) is 1.